The van der Waals surface area contributed by atoms with E-state index < -0.39 is 11.4 Å². The Bertz CT molecular complexity index is 751. The van der Waals surface area contributed by atoms with Crippen molar-refractivity contribution in [3.8, 4) is 0 Å². The van der Waals surface area contributed by atoms with E-state index in [0.29, 0.717) is 29.6 Å². The quantitative estimate of drug-likeness (QED) is 0.452. The second-order valence-electron chi connectivity index (χ2n) is 11.0. The van der Waals surface area contributed by atoms with Crippen LogP contribution in [-0.2, 0) is 4.79 Å². The van der Waals surface area contributed by atoms with Gasteiger partial charge in [-0.25, -0.2) is 0 Å². The lowest BCUT2D eigenvalue weighted by molar-refractivity contribution is -0.146. The fourth-order valence-corrected chi connectivity index (χ4v) is 6.34. The van der Waals surface area contributed by atoms with Crippen molar-refractivity contribution < 1.29 is 9.90 Å². The van der Waals surface area contributed by atoms with Crippen LogP contribution in [0.5, 0.6) is 0 Å². The SMILES string of the molecule is C=C1CCCC/C1=C/C=C1\CCC[C@]2(C)[C@@H]([C@H](C)/C=C/CC(C)(C)C(=O)O)CC[C@@H]12. The predicted octanol–water partition coefficient (Wildman–Crippen LogP) is 7.88. The summed E-state index contributed by atoms with van der Waals surface area (Å²) in [4.78, 5) is 11.4. The molecule has 0 unspecified atom stereocenters. The average molecular weight is 411 g/mol. The first-order valence-corrected chi connectivity index (χ1v) is 12.1. The number of carbonyl (C=O) groups is 1. The van der Waals surface area contributed by atoms with E-state index in [0.717, 1.165) is 0 Å². The molecule has 1 N–H and O–H groups in total. The third-order valence-corrected chi connectivity index (χ3v) is 8.45. The van der Waals surface area contributed by atoms with Crippen LogP contribution in [0.15, 0.2) is 47.6 Å². The molecule has 0 aliphatic heterocycles. The van der Waals surface area contributed by atoms with Gasteiger partial charge in [0.1, 0.15) is 0 Å². The third kappa shape index (κ3) is 4.84. The van der Waals surface area contributed by atoms with Crippen molar-refractivity contribution in [2.45, 2.75) is 91.9 Å². The van der Waals surface area contributed by atoms with Crippen molar-refractivity contribution in [3.05, 3.63) is 47.6 Å². The van der Waals surface area contributed by atoms with Crippen LogP contribution in [0, 0.1) is 28.6 Å². The fraction of sp³-hybridized carbons (Fsp3) is 0.679. The maximum absolute atomic E-state index is 11.4. The number of hydrogen-bond donors (Lipinski definition) is 1. The standard InChI is InChI=1S/C28H42O2/c1-20-10-6-7-12-22(20)14-15-23-13-9-19-28(5)24(16-17-25(23)28)21(2)11-8-18-27(3,4)26(29)30/h8,11,14-15,21,24-25H,1,6-7,9-10,12-13,16-19H2,2-5H3,(H,29,30)/b11-8+,22-14-,23-15+/t21-,24-,25+,28-/m1/s1. The molecule has 0 heterocycles. The van der Waals surface area contributed by atoms with Gasteiger partial charge in [0.05, 0.1) is 5.41 Å². The third-order valence-electron chi connectivity index (χ3n) is 8.45. The molecule has 0 aromatic heterocycles. The van der Waals surface area contributed by atoms with E-state index >= 15 is 0 Å². The molecule has 0 amide bonds. The summed E-state index contributed by atoms with van der Waals surface area (Å²) in [5, 5.41) is 9.35. The number of allylic oxidation sites excluding steroid dienone is 7. The smallest absolute Gasteiger partial charge is 0.309 e. The van der Waals surface area contributed by atoms with Gasteiger partial charge in [-0.1, -0.05) is 55.9 Å². The number of carboxylic acids is 1. The van der Waals surface area contributed by atoms with Gasteiger partial charge in [-0.15, -0.1) is 0 Å². The first-order valence-electron chi connectivity index (χ1n) is 12.1. The van der Waals surface area contributed by atoms with E-state index in [2.05, 4.69) is 44.7 Å². The van der Waals surface area contributed by atoms with E-state index in [1.165, 1.54) is 68.9 Å². The maximum Gasteiger partial charge on any atom is 0.309 e. The Hall–Kier alpha value is -1.57. The van der Waals surface area contributed by atoms with Crippen molar-refractivity contribution in [2.75, 3.05) is 0 Å². The zero-order chi connectivity index (χ0) is 21.9. The second-order valence-corrected chi connectivity index (χ2v) is 11.0. The van der Waals surface area contributed by atoms with Crippen LogP contribution in [0.25, 0.3) is 0 Å². The highest BCUT2D eigenvalue weighted by molar-refractivity contribution is 5.73. The molecule has 4 atom stereocenters. The monoisotopic (exact) mass is 410 g/mol. The van der Waals surface area contributed by atoms with Crippen LogP contribution in [0.3, 0.4) is 0 Å². The highest BCUT2D eigenvalue weighted by Gasteiger charge is 2.50. The van der Waals surface area contributed by atoms with Crippen molar-refractivity contribution in [2.24, 2.45) is 28.6 Å². The van der Waals surface area contributed by atoms with Crippen LogP contribution in [-0.4, -0.2) is 11.1 Å². The number of carboxylic acid groups (broad SMARTS) is 1. The summed E-state index contributed by atoms with van der Waals surface area (Å²) in [5.74, 6) is 1.17. The Labute approximate surface area is 184 Å². The number of hydrogen-bond acceptors (Lipinski definition) is 1. The first-order chi connectivity index (χ1) is 14.1. The van der Waals surface area contributed by atoms with Gasteiger partial charge in [0.2, 0.25) is 0 Å². The molecule has 0 aromatic carbocycles. The van der Waals surface area contributed by atoms with Crippen LogP contribution >= 0.6 is 0 Å². The molecule has 2 heteroatoms. The molecule has 0 aromatic rings. The molecule has 0 spiro atoms. The molecule has 3 saturated carbocycles. The zero-order valence-electron chi connectivity index (χ0n) is 19.7. The largest absolute Gasteiger partial charge is 0.481 e. The van der Waals surface area contributed by atoms with Crippen molar-refractivity contribution in [1.29, 1.82) is 0 Å². The summed E-state index contributed by atoms with van der Waals surface area (Å²) in [6.07, 6.45) is 21.3. The minimum Gasteiger partial charge on any atom is -0.481 e. The van der Waals surface area contributed by atoms with Gasteiger partial charge in [-0.2, -0.15) is 0 Å². The second kappa shape index (κ2) is 9.28. The lowest BCUT2D eigenvalue weighted by Gasteiger charge is -2.44. The zero-order valence-corrected chi connectivity index (χ0v) is 19.7. The number of rotatable bonds is 6. The Morgan fingerprint density at radius 1 is 1.20 bits per heavy atom. The van der Waals surface area contributed by atoms with E-state index in [9.17, 15) is 9.90 Å². The van der Waals surface area contributed by atoms with Gasteiger partial charge in [0.25, 0.3) is 0 Å². The lowest BCUT2D eigenvalue weighted by atomic mass is 9.61. The minimum atomic E-state index is -0.718. The van der Waals surface area contributed by atoms with E-state index in [1.54, 1.807) is 5.57 Å². The van der Waals surface area contributed by atoms with Crippen LogP contribution in [0.1, 0.15) is 91.9 Å². The Balaban J connectivity index is 1.71. The van der Waals surface area contributed by atoms with Gasteiger partial charge in [0.15, 0.2) is 0 Å². The normalized spacial score (nSPS) is 33.9. The molecule has 3 aliphatic carbocycles. The van der Waals surface area contributed by atoms with E-state index in [-0.39, 0.29) is 0 Å². The average Bonchev–Trinajstić information content (AvgIpc) is 3.04. The van der Waals surface area contributed by atoms with Gasteiger partial charge >= 0.3 is 5.97 Å². The van der Waals surface area contributed by atoms with Crippen molar-refractivity contribution >= 4 is 5.97 Å². The molecule has 0 radical (unpaired) electrons. The van der Waals surface area contributed by atoms with Crippen LogP contribution in [0.4, 0.5) is 0 Å². The predicted molar refractivity (Wildman–Crippen MR) is 126 cm³/mol. The van der Waals surface area contributed by atoms with Crippen molar-refractivity contribution in [1.82, 2.24) is 0 Å². The Morgan fingerprint density at radius 2 is 1.93 bits per heavy atom. The van der Waals surface area contributed by atoms with Gasteiger partial charge < -0.3 is 5.11 Å². The minimum absolute atomic E-state index is 0.373. The van der Waals surface area contributed by atoms with E-state index in [4.69, 9.17) is 0 Å². The molecule has 3 aliphatic rings. The molecule has 3 fully saturated rings. The Kier molecular flexibility index (Phi) is 7.15. The highest BCUT2D eigenvalue weighted by atomic mass is 16.4. The summed E-state index contributed by atoms with van der Waals surface area (Å²) >= 11 is 0. The van der Waals surface area contributed by atoms with Gasteiger partial charge in [0, 0.05) is 0 Å². The van der Waals surface area contributed by atoms with Crippen LogP contribution < -0.4 is 0 Å². The lowest BCUT2D eigenvalue weighted by Crippen LogP contribution is -2.35. The maximum atomic E-state index is 11.4. The molecule has 0 saturated heterocycles. The molecule has 166 valence electrons. The Morgan fingerprint density at radius 3 is 2.63 bits per heavy atom. The molecule has 30 heavy (non-hydrogen) atoms. The molecule has 2 nitrogen and oxygen atoms in total. The molecule has 3 rings (SSSR count). The highest BCUT2D eigenvalue weighted by Crippen LogP contribution is 2.59. The number of aliphatic carboxylic acids is 1. The topological polar surface area (TPSA) is 37.3 Å². The molecule has 0 bridgehead atoms. The summed E-state index contributed by atoms with van der Waals surface area (Å²) in [6, 6.07) is 0. The van der Waals surface area contributed by atoms with Gasteiger partial charge in [-0.05, 0) is 107 Å². The van der Waals surface area contributed by atoms with Crippen molar-refractivity contribution in [3.63, 3.8) is 0 Å². The van der Waals surface area contributed by atoms with E-state index in [1.807, 2.05) is 13.8 Å². The van der Waals surface area contributed by atoms with Gasteiger partial charge in [-0.3, -0.25) is 4.79 Å². The summed E-state index contributed by atoms with van der Waals surface area (Å²) in [7, 11) is 0. The summed E-state index contributed by atoms with van der Waals surface area (Å²) in [5.41, 5.74) is 4.19. The fourth-order valence-electron chi connectivity index (χ4n) is 6.34. The summed E-state index contributed by atoms with van der Waals surface area (Å²) in [6.45, 7) is 12.8. The number of fused-ring (bicyclic) bond motifs is 1. The van der Waals surface area contributed by atoms with Crippen LogP contribution in [0.2, 0.25) is 0 Å². The summed E-state index contributed by atoms with van der Waals surface area (Å²) < 4.78 is 0. The molecular formula is C28H42O2. The molecular weight excluding hydrogens is 368 g/mol. The first kappa shape index (κ1) is 23.1.